The summed E-state index contributed by atoms with van der Waals surface area (Å²) in [7, 11) is 0. The highest BCUT2D eigenvalue weighted by Gasteiger charge is 2.24. The van der Waals surface area contributed by atoms with Gasteiger partial charge in [-0.2, -0.15) is 4.68 Å². The summed E-state index contributed by atoms with van der Waals surface area (Å²) in [6.07, 6.45) is 0.758. The third kappa shape index (κ3) is 4.79. The van der Waals surface area contributed by atoms with Gasteiger partial charge in [0.05, 0.1) is 23.0 Å². The van der Waals surface area contributed by atoms with Gasteiger partial charge in [0.2, 0.25) is 0 Å². The van der Waals surface area contributed by atoms with E-state index in [2.05, 4.69) is 20.8 Å². The molecule has 33 heavy (non-hydrogen) atoms. The van der Waals surface area contributed by atoms with Gasteiger partial charge in [0.25, 0.3) is 5.91 Å². The van der Waals surface area contributed by atoms with E-state index in [4.69, 9.17) is 0 Å². The maximum absolute atomic E-state index is 13.8. The Morgan fingerprint density at radius 3 is 2.82 bits per heavy atom. The molecule has 1 aliphatic rings. The normalized spacial score (nSPS) is 15.1. The Hall–Kier alpha value is -3.17. The Kier molecular flexibility index (Phi) is 6.41. The molecule has 9 heteroatoms. The van der Waals surface area contributed by atoms with Gasteiger partial charge >= 0.3 is 0 Å². The van der Waals surface area contributed by atoms with Crippen molar-refractivity contribution in [3.05, 3.63) is 95.6 Å². The minimum absolute atomic E-state index is 0.173. The standard InChI is InChI=1S/C24H20FN5OS2/c25-16-10-11-22-19(14-16)20(12-13-32-22)26-24(31)18-8-4-5-9-21(18)33-15-23-27-28-29-30(23)17-6-2-1-3-7-17/h1-11,14,20H,12-13,15H2,(H,26,31). The van der Waals surface area contributed by atoms with Crippen LogP contribution in [0.4, 0.5) is 4.39 Å². The average molecular weight is 478 g/mol. The number of carbonyl (C=O) groups excluding carboxylic acids is 1. The van der Waals surface area contributed by atoms with Crippen LogP contribution in [-0.4, -0.2) is 31.9 Å². The number of para-hydroxylation sites is 1. The van der Waals surface area contributed by atoms with Crippen molar-refractivity contribution in [1.82, 2.24) is 25.5 Å². The predicted molar refractivity (Wildman–Crippen MR) is 127 cm³/mol. The molecule has 4 aromatic rings. The van der Waals surface area contributed by atoms with Crippen LogP contribution in [0.15, 0.2) is 82.6 Å². The number of aromatic nitrogens is 4. The number of nitrogens with one attached hydrogen (secondary N) is 1. The predicted octanol–water partition coefficient (Wildman–Crippen LogP) is 5.06. The van der Waals surface area contributed by atoms with Gasteiger partial charge in [0, 0.05) is 15.5 Å². The molecule has 1 amide bonds. The fraction of sp³-hybridized carbons (Fsp3) is 0.167. The van der Waals surface area contributed by atoms with Crippen LogP contribution in [0, 0.1) is 5.82 Å². The smallest absolute Gasteiger partial charge is 0.252 e. The van der Waals surface area contributed by atoms with E-state index >= 15 is 0 Å². The van der Waals surface area contributed by atoms with Crippen molar-refractivity contribution in [2.24, 2.45) is 0 Å². The maximum Gasteiger partial charge on any atom is 0.252 e. The number of rotatable bonds is 6. The van der Waals surface area contributed by atoms with Crippen molar-refractivity contribution in [3.63, 3.8) is 0 Å². The highest BCUT2D eigenvalue weighted by molar-refractivity contribution is 7.99. The first-order chi connectivity index (χ1) is 16.2. The molecule has 0 saturated carbocycles. The number of benzene rings is 3. The summed E-state index contributed by atoms with van der Waals surface area (Å²) in [6.45, 7) is 0. The quantitative estimate of drug-likeness (QED) is 0.392. The number of tetrazole rings is 1. The van der Waals surface area contributed by atoms with Crippen molar-refractivity contribution in [2.45, 2.75) is 28.0 Å². The largest absolute Gasteiger partial charge is 0.345 e. The third-order valence-electron chi connectivity index (χ3n) is 5.34. The molecular formula is C24H20FN5OS2. The molecule has 5 rings (SSSR count). The Balaban J connectivity index is 1.33. The first kappa shape index (κ1) is 21.7. The summed E-state index contributed by atoms with van der Waals surface area (Å²) in [5.41, 5.74) is 2.30. The monoisotopic (exact) mass is 477 g/mol. The zero-order valence-electron chi connectivity index (χ0n) is 17.5. The van der Waals surface area contributed by atoms with Gasteiger partial charge in [-0.05, 0) is 64.9 Å². The number of thioether (sulfide) groups is 2. The van der Waals surface area contributed by atoms with Crippen LogP contribution < -0.4 is 5.32 Å². The van der Waals surface area contributed by atoms with Crippen LogP contribution in [0.5, 0.6) is 0 Å². The van der Waals surface area contributed by atoms with Crippen LogP contribution in [0.3, 0.4) is 0 Å². The summed E-state index contributed by atoms with van der Waals surface area (Å²) in [6, 6.07) is 21.7. The number of halogens is 1. The number of hydrogen-bond acceptors (Lipinski definition) is 6. The zero-order chi connectivity index (χ0) is 22.6. The summed E-state index contributed by atoms with van der Waals surface area (Å²) in [5.74, 6) is 1.60. The molecule has 0 aliphatic carbocycles. The highest BCUT2D eigenvalue weighted by atomic mass is 32.2. The van der Waals surface area contributed by atoms with Gasteiger partial charge in [-0.3, -0.25) is 4.79 Å². The molecule has 1 N–H and O–H groups in total. The lowest BCUT2D eigenvalue weighted by Gasteiger charge is -2.26. The van der Waals surface area contributed by atoms with Crippen molar-refractivity contribution in [1.29, 1.82) is 0 Å². The molecule has 0 radical (unpaired) electrons. The van der Waals surface area contributed by atoms with Gasteiger partial charge in [-0.15, -0.1) is 28.6 Å². The molecule has 0 bridgehead atoms. The Morgan fingerprint density at radius 1 is 1.12 bits per heavy atom. The molecule has 0 fully saturated rings. The first-order valence-corrected chi connectivity index (χ1v) is 12.4. The van der Waals surface area contributed by atoms with Crippen LogP contribution in [-0.2, 0) is 5.75 Å². The second-order valence-electron chi connectivity index (χ2n) is 7.47. The van der Waals surface area contributed by atoms with Crippen molar-refractivity contribution in [2.75, 3.05) is 5.75 Å². The van der Waals surface area contributed by atoms with Gasteiger partial charge in [-0.1, -0.05) is 30.3 Å². The number of fused-ring (bicyclic) bond motifs is 1. The van der Waals surface area contributed by atoms with E-state index in [1.165, 1.54) is 23.9 Å². The number of carbonyl (C=O) groups is 1. The third-order valence-corrected chi connectivity index (χ3v) is 7.53. The van der Waals surface area contributed by atoms with E-state index in [-0.39, 0.29) is 17.8 Å². The van der Waals surface area contributed by atoms with Gasteiger partial charge in [-0.25, -0.2) is 4.39 Å². The number of nitrogens with zero attached hydrogens (tertiary/aromatic N) is 4. The summed E-state index contributed by atoms with van der Waals surface area (Å²) < 4.78 is 15.5. The van der Waals surface area contributed by atoms with Gasteiger partial charge in [0.15, 0.2) is 5.82 Å². The second-order valence-corrected chi connectivity index (χ2v) is 9.63. The van der Waals surface area contributed by atoms with Crippen LogP contribution in [0.25, 0.3) is 5.69 Å². The minimum Gasteiger partial charge on any atom is -0.345 e. The Morgan fingerprint density at radius 2 is 1.94 bits per heavy atom. The van der Waals surface area contributed by atoms with E-state index in [9.17, 15) is 9.18 Å². The summed E-state index contributed by atoms with van der Waals surface area (Å²) in [4.78, 5) is 15.1. The van der Waals surface area contributed by atoms with Crippen molar-refractivity contribution < 1.29 is 9.18 Å². The molecule has 0 saturated heterocycles. The van der Waals surface area contributed by atoms with Gasteiger partial charge < -0.3 is 5.32 Å². The number of amides is 1. The van der Waals surface area contributed by atoms with Gasteiger partial charge in [0.1, 0.15) is 5.82 Å². The summed E-state index contributed by atoms with van der Waals surface area (Å²) >= 11 is 3.19. The fourth-order valence-corrected chi connectivity index (χ4v) is 5.80. The first-order valence-electron chi connectivity index (χ1n) is 10.5. The van der Waals surface area contributed by atoms with E-state index in [0.717, 1.165) is 33.2 Å². The fourth-order valence-electron chi connectivity index (χ4n) is 3.74. The van der Waals surface area contributed by atoms with Crippen LogP contribution in [0.2, 0.25) is 0 Å². The van der Waals surface area contributed by atoms with E-state index in [1.54, 1.807) is 22.5 Å². The zero-order valence-corrected chi connectivity index (χ0v) is 19.2. The second kappa shape index (κ2) is 9.76. The lowest BCUT2D eigenvalue weighted by atomic mass is 10.0. The molecule has 1 aliphatic heterocycles. The van der Waals surface area contributed by atoms with E-state index in [0.29, 0.717) is 17.1 Å². The SMILES string of the molecule is O=C(NC1CCSc2ccc(F)cc21)c1ccccc1SCc1nnnn1-c1ccccc1. The molecule has 1 atom stereocenters. The molecule has 166 valence electrons. The Labute approximate surface area is 199 Å². The molecule has 6 nitrogen and oxygen atoms in total. The van der Waals surface area contributed by atoms with E-state index in [1.807, 2.05) is 54.6 Å². The lowest BCUT2D eigenvalue weighted by molar-refractivity contribution is 0.0932. The van der Waals surface area contributed by atoms with Crippen LogP contribution >= 0.6 is 23.5 Å². The number of hydrogen-bond donors (Lipinski definition) is 1. The lowest BCUT2D eigenvalue weighted by Crippen LogP contribution is -2.31. The van der Waals surface area contributed by atoms with Crippen LogP contribution in [0.1, 0.15) is 34.2 Å². The minimum atomic E-state index is -0.289. The molecule has 0 spiro atoms. The summed E-state index contributed by atoms with van der Waals surface area (Å²) in [5, 5.41) is 15.2. The molecule has 3 aromatic carbocycles. The topological polar surface area (TPSA) is 72.7 Å². The molecular weight excluding hydrogens is 457 g/mol. The average Bonchev–Trinajstić information content (AvgIpc) is 3.32. The highest BCUT2D eigenvalue weighted by Crippen LogP contribution is 2.37. The Bertz CT molecular complexity index is 1280. The molecule has 1 aromatic heterocycles. The van der Waals surface area contributed by atoms with Crippen molar-refractivity contribution in [3.8, 4) is 5.69 Å². The molecule has 1 unspecified atom stereocenters. The maximum atomic E-state index is 13.8. The van der Waals surface area contributed by atoms with E-state index < -0.39 is 0 Å². The van der Waals surface area contributed by atoms with Crippen molar-refractivity contribution >= 4 is 29.4 Å². The molecule has 2 heterocycles.